The molecular formula is C15H25NO3. The molecule has 0 radical (unpaired) electrons. The second-order valence-corrected chi connectivity index (χ2v) is 4.83. The molecule has 0 saturated heterocycles. The number of benzene rings is 1. The molecule has 0 aromatic heterocycles. The summed E-state index contributed by atoms with van der Waals surface area (Å²) in [5.74, 6) is 2.02. The predicted octanol–water partition coefficient (Wildman–Crippen LogP) is 2.15. The minimum atomic E-state index is 0.232. The molecule has 0 aliphatic carbocycles. The number of hydrogen-bond donors (Lipinski definition) is 1. The molecule has 1 aromatic carbocycles. The van der Waals surface area contributed by atoms with Crippen LogP contribution >= 0.6 is 0 Å². The molecule has 0 heterocycles. The van der Waals surface area contributed by atoms with Crippen molar-refractivity contribution >= 4 is 0 Å². The van der Waals surface area contributed by atoms with E-state index in [1.165, 1.54) is 0 Å². The van der Waals surface area contributed by atoms with E-state index in [9.17, 15) is 5.11 Å². The lowest BCUT2D eigenvalue weighted by Crippen LogP contribution is -2.27. The van der Waals surface area contributed by atoms with E-state index in [1.54, 1.807) is 14.2 Å². The lowest BCUT2D eigenvalue weighted by atomic mass is 10.1. The molecule has 0 aliphatic heterocycles. The second kappa shape index (κ2) is 8.02. The number of rotatable bonds is 8. The van der Waals surface area contributed by atoms with Crippen molar-refractivity contribution in [2.24, 2.45) is 5.92 Å². The molecule has 1 rings (SSSR count). The van der Waals surface area contributed by atoms with Crippen LogP contribution in [0.5, 0.6) is 11.5 Å². The van der Waals surface area contributed by atoms with Crippen molar-refractivity contribution in [3.8, 4) is 11.5 Å². The van der Waals surface area contributed by atoms with Gasteiger partial charge in [-0.2, -0.15) is 0 Å². The summed E-state index contributed by atoms with van der Waals surface area (Å²) < 4.78 is 10.6. The molecule has 1 aromatic rings. The van der Waals surface area contributed by atoms with Crippen molar-refractivity contribution in [2.75, 3.05) is 34.4 Å². The standard InChI is InChI=1S/C15H25NO3/c1-5-12(11-17)9-16(2)10-13-8-14(18-3)6-7-15(13)19-4/h6-8,12,17H,5,9-11H2,1-4H3. The molecule has 1 N–H and O–H groups in total. The Kier molecular flexibility index (Phi) is 6.67. The number of ether oxygens (including phenoxy) is 2. The van der Waals surface area contributed by atoms with Gasteiger partial charge in [-0.1, -0.05) is 6.92 Å². The van der Waals surface area contributed by atoms with Crippen LogP contribution in [0, 0.1) is 5.92 Å². The Hall–Kier alpha value is -1.26. The van der Waals surface area contributed by atoms with Gasteiger partial charge in [0.05, 0.1) is 14.2 Å². The molecule has 0 bridgehead atoms. The van der Waals surface area contributed by atoms with Gasteiger partial charge in [0, 0.05) is 25.3 Å². The normalized spacial score (nSPS) is 12.5. The van der Waals surface area contributed by atoms with Crippen LogP contribution in [0.4, 0.5) is 0 Å². The van der Waals surface area contributed by atoms with Crippen LogP contribution in [0.25, 0.3) is 0 Å². The average molecular weight is 267 g/mol. The molecule has 0 spiro atoms. The van der Waals surface area contributed by atoms with Crippen molar-refractivity contribution in [1.29, 1.82) is 0 Å². The zero-order valence-corrected chi connectivity index (χ0v) is 12.3. The highest BCUT2D eigenvalue weighted by molar-refractivity contribution is 5.40. The minimum Gasteiger partial charge on any atom is -0.497 e. The lowest BCUT2D eigenvalue weighted by molar-refractivity contribution is 0.172. The maximum absolute atomic E-state index is 9.25. The fourth-order valence-electron chi connectivity index (χ4n) is 2.12. The van der Waals surface area contributed by atoms with Crippen LogP contribution in [0.1, 0.15) is 18.9 Å². The molecule has 4 heteroatoms. The Bertz CT molecular complexity index is 378. The van der Waals surface area contributed by atoms with Crippen LogP contribution in [0.3, 0.4) is 0 Å². The topological polar surface area (TPSA) is 41.9 Å². The Morgan fingerprint density at radius 2 is 2.00 bits per heavy atom. The van der Waals surface area contributed by atoms with E-state index in [0.29, 0.717) is 5.92 Å². The van der Waals surface area contributed by atoms with E-state index in [-0.39, 0.29) is 6.61 Å². The first kappa shape index (κ1) is 15.8. The summed E-state index contributed by atoms with van der Waals surface area (Å²) in [5, 5.41) is 9.25. The van der Waals surface area contributed by atoms with Crippen LogP contribution in [0.2, 0.25) is 0 Å². The van der Waals surface area contributed by atoms with E-state index >= 15 is 0 Å². The van der Waals surface area contributed by atoms with Crippen molar-refractivity contribution in [3.05, 3.63) is 23.8 Å². The fourth-order valence-corrected chi connectivity index (χ4v) is 2.12. The molecule has 1 unspecified atom stereocenters. The number of aliphatic hydroxyl groups excluding tert-OH is 1. The molecule has 0 saturated carbocycles. The Balaban J connectivity index is 2.73. The quantitative estimate of drug-likeness (QED) is 0.783. The summed E-state index contributed by atoms with van der Waals surface area (Å²) in [6.07, 6.45) is 0.982. The third-order valence-corrected chi connectivity index (χ3v) is 3.33. The van der Waals surface area contributed by atoms with Gasteiger partial charge in [-0.05, 0) is 37.6 Å². The highest BCUT2D eigenvalue weighted by atomic mass is 16.5. The van der Waals surface area contributed by atoms with Gasteiger partial charge in [0.15, 0.2) is 0 Å². The monoisotopic (exact) mass is 267 g/mol. The van der Waals surface area contributed by atoms with Crippen LogP contribution in [0.15, 0.2) is 18.2 Å². The fraction of sp³-hybridized carbons (Fsp3) is 0.600. The zero-order chi connectivity index (χ0) is 14.3. The minimum absolute atomic E-state index is 0.232. The van der Waals surface area contributed by atoms with Gasteiger partial charge in [-0.25, -0.2) is 0 Å². The Morgan fingerprint density at radius 1 is 1.26 bits per heavy atom. The zero-order valence-electron chi connectivity index (χ0n) is 12.3. The molecular weight excluding hydrogens is 242 g/mol. The highest BCUT2D eigenvalue weighted by Gasteiger charge is 2.12. The van der Waals surface area contributed by atoms with Crippen molar-refractivity contribution in [3.63, 3.8) is 0 Å². The smallest absolute Gasteiger partial charge is 0.123 e. The molecule has 0 amide bonds. The molecule has 0 aliphatic rings. The lowest BCUT2D eigenvalue weighted by Gasteiger charge is -2.23. The van der Waals surface area contributed by atoms with E-state index in [1.807, 2.05) is 18.2 Å². The number of hydrogen-bond acceptors (Lipinski definition) is 4. The van der Waals surface area contributed by atoms with Gasteiger partial charge in [-0.15, -0.1) is 0 Å². The summed E-state index contributed by atoms with van der Waals surface area (Å²) in [4.78, 5) is 2.20. The van der Waals surface area contributed by atoms with Crippen LogP contribution < -0.4 is 9.47 Å². The van der Waals surface area contributed by atoms with Gasteiger partial charge >= 0.3 is 0 Å². The number of aliphatic hydroxyl groups is 1. The molecule has 19 heavy (non-hydrogen) atoms. The first-order chi connectivity index (χ1) is 9.14. The van der Waals surface area contributed by atoms with Gasteiger partial charge in [-0.3, -0.25) is 0 Å². The maximum Gasteiger partial charge on any atom is 0.123 e. The largest absolute Gasteiger partial charge is 0.497 e. The second-order valence-electron chi connectivity index (χ2n) is 4.83. The van der Waals surface area contributed by atoms with Crippen molar-refractivity contribution in [1.82, 2.24) is 4.90 Å². The van der Waals surface area contributed by atoms with E-state index in [2.05, 4.69) is 18.9 Å². The van der Waals surface area contributed by atoms with Crippen molar-refractivity contribution < 1.29 is 14.6 Å². The molecule has 4 nitrogen and oxygen atoms in total. The summed E-state index contributed by atoms with van der Waals surface area (Å²) >= 11 is 0. The first-order valence-corrected chi connectivity index (χ1v) is 6.64. The third kappa shape index (κ3) is 4.73. The highest BCUT2D eigenvalue weighted by Crippen LogP contribution is 2.25. The summed E-state index contributed by atoms with van der Waals surface area (Å²) in [6, 6.07) is 5.81. The first-order valence-electron chi connectivity index (χ1n) is 6.64. The third-order valence-electron chi connectivity index (χ3n) is 3.33. The summed E-state index contributed by atoms with van der Waals surface area (Å²) in [5.41, 5.74) is 1.09. The van der Waals surface area contributed by atoms with E-state index in [0.717, 1.165) is 36.6 Å². The molecule has 108 valence electrons. The Labute approximate surface area is 115 Å². The molecule has 0 fully saturated rings. The SMILES string of the molecule is CCC(CO)CN(C)Cc1cc(OC)ccc1OC. The maximum atomic E-state index is 9.25. The number of methoxy groups -OCH3 is 2. The van der Waals surface area contributed by atoms with Crippen LogP contribution in [-0.2, 0) is 6.54 Å². The average Bonchev–Trinajstić information content (AvgIpc) is 2.44. The van der Waals surface area contributed by atoms with Gasteiger partial charge in [0.25, 0.3) is 0 Å². The van der Waals surface area contributed by atoms with E-state index < -0.39 is 0 Å². The molecule has 1 atom stereocenters. The van der Waals surface area contributed by atoms with Crippen molar-refractivity contribution in [2.45, 2.75) is 19.9 Å². The van der Waals surface area contributed by atoms with Gasteiger partial charge in [0.2, 0.25) is 0 Å². The van der Waals surface area contributed by atoms with E-state index in [4.69, 9.17) is 9.47 Å². The number of nitrogens with zero attached hydrogens (tertiary/aromatic N) is 1. The van der Waals surface area contributed by atoms with Gasteiger partial charge in [0.1, 0.15) is 11.5 Å². The summed E-state index contributed by atoms with van der Waals surface area (Å²) in [6.45, 7) is 3.97. The predicted molar refractivity (Wildman–Crippen MR) is 76.7 cm³/mol. The van der Waals surface area contributed by atoms with Gasteiger partial charge < -0.3 is 19.5 Å². The Morgan fingerprint density at radius 3 is 2.53 bits per heavy atom. The summed E-state index contributed by atoms with van der Waals surface area (Å²) in [7, 11) is 5.39. The van der Waals surface area contributed by atoms with Crippen LogP contribution in [-0.4, -0.2) is 44.4 Å².